The molecule has 0 radical (unpaired) electrons. The summed E-state index contributed by atoms with van der Waals surface area (Å²) >= 11 is 8.54. The summed E-state index contributed by atoms with van der Waals surface area (Å²) < 4.78 is 0. The minimum absolute atomic E-state index is 0.107. The summed E-state index contributed by atoms with van der Waals surface area (Å²) in [6, 6.07) is 8.70. The normalized spacial score (nSPS) is 10.5. The predicted molar refractivity (Wildman–Crippen MR) is 94.2 cm³/mol. The number of carboxylic acids is 1. The van der Waals surface area contributed by atoms with Crippen molar-refractivity contribution in [1.82, 2.24) is 0 Å². The van der Waals surface area contributed by atoms with E-state index in [2.05, 4.69) is 0 Å². The molecule has 3 rings (SSSR count). The maximum absolute atomic E-state index is 11.8. The number of benzene rings is 1. The number of carbonyl (C=O) groups is 2. The number of halogens is 1. The molecule has 3 aromatic rings. The minimum atomic E-state index is -1.08. The summed E-state index contributed by atoms with van der Waals surface area (Å²) in [7, 11) is 0. The van der Waals surface area contributed by atoms with Gasteiger partial charge in [0, 0.05) is 21.3 Å². The molecule has 0 aliphatic carbocycles. The first-order chi connectivity index (χ1) is 11.1. The van der Waals surface area contributed by atoms with Gasteiger partial charge in [-0.3, -0.25) is 9.69 Å². The maximum atomic E-state index is 11.8. The third kappa shape index (κ3) is 3.01. The molecule has 116 valence electrons. The monoisotopic (exact) mass is 363 g/mol. The molecule has 2 heterocycles. The van der Waals surface area contributed by atoms with E-state index < -0.39 is 5.97 Å². The molecule has 0 spiro atoms. The number of amides is 1. The number of rotatable bonds is 5. The van der Waals surface area contributed by atoms with E-state index in [0.717, 1.165) is 5.56 Å². The van der Waals surface area contributed by atoms with Crippen LogP contribution in [0.2, 0.25) is 5.02 Å². The van der Waals surface area contributed by atoms with E-state index in [-0.39, 0.29) is 5.56 Å². The number of carbonyl (C=O) groups excluding carboxylic acids is 1. The number of anilines is 2. The Balaban J connectivity index is 2.14. The molecule has 1 aromatic carbocycles. The lowest BCUT2D eigenvalue weighted by atomic mass is 10.0. The largest absolute Gasteiger partial charge is 0.478 e. The fourth-order valence-corrected chi connectivity index (χ4v) is 4.01. The molecule has 0 aliphatic rings. The Kier molecular flexibility index (Phi) is 4.47. The SMILES string of the molecule is O=CN(c1ccsc1)c1scc(-c2ccc(Cl)cc2)c1C(=O)O. The second-order valence-corrected chi connectivity index (χ2v) is 6.67. The van der Waals surface area contributed by atoms with Crippen molar-refractivity contribution < 1.29 is 14.7 Å². The van der Waals surface area contributed by atoms with Gasteiger partial charge in [-0.25, -0.2) is 4.79 Å². The van der Waals surface area contributed by atoms with Crippen LogP contribution in [0.4, 0.5) is 10.7 Å². The predicted octanol–water partition coefficient (Wildman–Crippen LogP) is 5.12. The van der Waals surface area contributed by atoms with Crippen molar-refractivity contribution in [2.24, 2.45) is 0 Å². The Morgan fingerprint density at radius 3 is 2.48 bits per heavy atom. The lowest BCUT2D eigenvalue weighted by Gasteiger charge is -2.15. The van der Waals surface area contributed by atoms with Gasteiger partial charge < -0.3 is 5.11 Å². The lowest BCUT2D eigenvalue weighted by molar-refractivity contribution is -0.106. The maximum Gasteiger partial charge on any atom is 0.339 e. The van der Waals surface area contributed by atoms with E-state index >= 15 is 0 Å². The Hall–Kier alpha value is -2.15. The first-order valence-corrected chi connectivity index (χ1v) is 8.69. The highest BCUT2D eigenvalue weighted by Crippen LogP contribution is 2.40. The van der Waals surface area contributed by atoms with Crippen LogP contribution in [0, 0.1) is 0 Å². The Bertz CT molecular complexity index is 841. The van der Waals surface area contributed by atoms with E-state index in [1.54, 1.807) is 41.1 Å². The van der Waals surface area contributed by atoms with Gasteiger partial charge in [0.15, 0.2) is 0 Å². The second kappa shape index (κ2) is 6.54. The van der Waals surface area contributed by atoms with Crippen LogP contribution in [0.1, 0.15) is 10.4 Å². The fourth-order valence-electron chi connectivity index (χ4n) is 2.19. The summed E-state index contributed by atoms with van der Waals surface area (Å²) in [6.07, 6.45) is 0.631. The van der Waals surface area contributed by atoms with Crippen LogP contribution in [0.3, 0.4) is 0 Å². The van der Waals surface area contributed by atoms with Crippen LogP contribution in [0.15, 0.2) is 46.5 Å². The van der Waals surface area contributed by atoms with Gasteiger partial charge in [-0.2, -0.15) is 11.3 Å². The third-order valence-corrected chi connectivity index (χ3v) is 5.15. The summed E-state index contributed by atoms with van der Waals surface area (Å²) in [4.78, 5) is 24.6. The van der Waals surface area contributed by atoms with Gasteiger partial charge in [0.1, 0.15) is 10.6 Å². The van der Waals surface area contributed by atoms with Gasteiger partial charge >= 0.3 is 5.97 Å². The lowest BCUT2D eigenvalue weighted by Crippen LogP contribution is -2.15. The zero-order chi connectivity index (χ0) is 16.4. The van der Waals surface area contributed by atoms with Gasteiger partial charge in [-0.15, -0.1) is 11.3 Å². The van der Waals surface area contributed by atoms with E-state index in [0.29, 0.717) is 27.7 Å². The van der Waals surface area contributed by atoms with Gasteiger partial charge in [0.05, 0.1) is 5.69 Å². The quantitative estimate of drug-likeness (QED) is 0.640. The van der Waals surface area contributed by atoms with Gasteiger partial charge in [-0.1, -0.05) is 23.7 Å². The van der Waals surface area contributed by atoms with Crippen LogP contribution in [0.25, 0.3) is 11.1 Å². The molecular weight excluding hydrogens is 354 g/mol. The van der Waals surface area contributed by atoms with Crippen molar-refractivity contribution in [3.8, 4) is 11.1 Å². The average molecular weight is 364 g/mol. The minimum Gasteiger partial charge on any atom is -0.478 e. The van der Waals surface area contributed by atoms with Crippen LogP contribution in [-0.2, 0) is 4.79 Å². The first kappa shape index (κ1) is 15.7. The van der Waals surface area contributed by atoms with E-state index in [1.807, 2.05) is 5.38 Å². The first-order valence-electron chi connectivity index (χ1n) is 6.49. The highest BCUT2D eigenvalue weighted by Gasteiger charge is 2.24. The Labute approximate surface area is 145 Å². The van der Waals surface area contributed by atoms with Crippen LogP contribution in [0.5, 0.6) is 0 Å². The molecular formula is C16H10ClNO3S2. The van der Waals surface area contributed by atoms with Crippen LogP contribution >= 0.6 is 34.3 Å². The van der Waals surface area contributed by atoms with Gasteiger partial charge in [0.2, 0.25) is 6.41 Å². The van der Waals surface area contributed by atoms with E-state index in [4.69, 9.17) is 11.6 Å². The molecule has 0 bridgehead atoms. The number of nitrogens with zero attached hydrogens (tertiary/aromatic N) is 1. The standard InChI is InChI=1S/C16H10ClNO3S2/c17-11-3-1-10(2-4-11)13-8-23-15(14(13)16(20)21)18(9-19)12-5-6-22-7-12/h1-9H,(H,20,21). The van der Waals surface area contributed by atoms with Crippen LogP contribution < -0.4 is 4.90 Å². The molecule has 0 unspecified atom stereocenters. The topological polar surface area (TPSA) is 57.6 Å². The Morgan fingerprint density at radius 1 is 1.17 bits per heavy atom. The van der Waals surface area contributed by atoms with Crippen molar-refractivity contribution in [2.75, 3.05) is 4.90 Å². The zero-order valence-electron chi connectivity index (χ0n) is 11.6. The number of hydrogen-bond donors (Lipinski definition) is 1. The summed E-state index contributed by atoms with van der Waals surface area (Å²) in [6.45, 7) is 0. The highest BCUT2D eigenvalue weighted by atomic mass is 35.5. The van der Waals surface area contributed by atoms with Crippen molar-refractivity contribution in [3.63, 3.8) is 0 Å². The summed E-state index contributed by atoms with van der Waals surface area (Å²) in [5, 5.41) is 16.0. The number of hydrogen-bond acceptors (Lipinski definition) is 4. The second-order valence-electron chi connectivity index (χ2n) is 4.60. The fraction of sp³-hybridized carbons (Fsp3) is 0. The van der Waals surface area contributed by atoms with Crippen molar-refractivity contribution >= 4 is 57.3 Å². The van der Waals surface area contributed by atoms with Crippen LogP contribution in [-0.4, -0.2) is 17.5 Å². The third-order valence-electron chi connectivity index (χ3n) is 3.25. The molecule has 0 aliphatic heterocycles. The molecule has 0 atom stereocenters. The van der Waals surface area contributed by atoms with E-state index in [9.17, 15) is 14.7 Å². The number of thiophene rings is 2. The summed E-state index contributed by atoms with van der Waals surface area (Å²) in [5.74, 6) is -1.08. The van der Waals surface area contributed by atoms with Gasteiger partial charge in [-0.05, 0) is 29.1 Å². The molecule has 1 amide bonds. The molecule has 4 nitrogen and oxygen atoms in total. The highest BCUT2D eigenvalue weighted by molar-refractivity contribution is 7.15. The molecule has 0 saturated carbocycles. The Morgan fingerprint density at radius 2 is 1.91 bits per heavy atom. The molecule has 0 saturated heterocycles. The van der Waals surface area contributed by atoms with E-state index in [1.165, 1.54) is 27.6 Å². The molecule has 0 fully saturated rings. The number of carboxylic acid groups (broad SMARTS) is 1. The average Bonchev–Trinajstić information content (AvgIpc) is 3.19. The molecule has 7 heteroatoms. The molecule has 2 aromatic heterocycles. The van der Waals surface area contributed by atoms with Gasteiger partial charge in [0.25, 0.3) is 0 Å². The zero-order valence-corrected chi connectivity index (χ0v) is 14.0. The van der Waals surface area contributed by atoms with Crippen molar-refractivity contribution in [3.05, 3.63) is 57.1 Å². The van der Waals surface area contributed by atoms with Crippen molar-refractivity contribution in [1.29, 1.82) is 0 Å². The molecule has 1 N–H and O–H groups in total. The summed E-state index contributed by atoms with van der Waals surface area (Å²) in [5.41, 5.74) is 2.06. The number of aromatic carboxylic acids is 1. The van der Waals surface area contributed by atoms with Crippen molar-refractivity contribution in [2.45, 2.75) is 0 Å². The smallest absolute Gasteiger partial charge is 0.339 e. The molecule has 23 heavy (non-hydrogen) atoms.